The van der Waals surface area contributed by atoms with Gasteiger partial charge in [0.15, 0.2) is 0 Å². The van der Waals surface area contributed by atoms with Crippen LogP contribution >= 0.6 is 39.1 Å². The molecular formula is C9H5BrCl2N2. The van der Waals surface area contributed by atoms with Crippen LogP contribution in [0, 0.1) is 0 Å². The summed E-state index contributed by atoms with van der Waals surface area (Å²) in [4.78, 5) is 4.17. The quantitative estimate of drug-likeness (QED) is 0.800. The third kappa shape index (κ3) is 1.56. The van der Waals surface area contributed by atoms with Crippen molar-refractivity contribution in [3.8, 4) is 0 Å². The summed E-state index contributed by atoms with van der Waals surface area (Å²) in [5, 5.41) is 1.79. The van der Waals surface area contributed by atoms with E-state index < -0.39 is 0 Å². The first-order valence-electron chi connectivity index (χ1n) is 3.78. The van der Waals surface area contributed by atoms with Crippen LogP contribution in [0.1, 0.15) is 0 Å². The van der Waals surface area contributed by atoms with E-state index in [1.54, 1.807) is 18.3 Å². The number of benzene rings is 1. The lowest BCUT2D eigenvalue weighted by molar-refractivity contribution is 1.39. The number of anilines is 1. The summed E-state index contributed by atoms with van der Waals surface area (Å²) in [7, 11) is 0. The summed E-state index contributed by atoms with van der Waals surface area (Å²) in [5.74, 6) is 0. The van der Waals surface area contributed by atoms with Crippen LogP contribution in [0.5, 0.6) is 0 Å². The van der Waals surface area contributed by atoms with Gasteiger partial charge >= 0.3 is 0 Å². The monoisotopic (exact) mass is 290 g/mol. The van der Waals surface area contributed by atoms with Gasteiger partial charge in [0.05, 0.1) is 20.7 Å². The first-order chi connectivity index (χ1) is 6.59. The van der Waals surface area contributed by atoms with Gasteiger partial charge in [-0.2, -0.15) is 0 Å². The Labute approximate surface area is 99.1 Å². The minimum absolute atomic E-state index is 0.513. The molecule has 0 unspecified atom stereocenters. The zero-order valence-corrected chi connectivity index (χ0v) is 9.99. The largest absolute Gasteiger partial charge is 0.397 e. The van der Waals surface area contributed by atoms with Gasteiger partial charge in [0.25, 0.3) is 0 Å². The van der Waals surface area contributed by atoms with Gasteiger partial charge in [-0.1, -0.05) is 23.2 Å². The standard InChI is InChI=1S/C9H5BrCl2N2/c10-5-3-14-7-2-4(11)1-6(12)8(7)9(5)13/h1-3H,(H2,13,14). The zero-order chi connectivity index (χ0) is 10.3. The molecule has 0 fully saturated rings. The van der Waals surface area contributed by atoms with Crippen molar-refractivity contribution in [3.05, 3.63) is 32.8 Å². The molecule has 1 heterocycles. The molecule has 5 heteroatoms. The Kier molecular flexibility index (Phi) is 2.56. The van der Waals surface area contributed by atoms with Crippen molar-refractivity contribution < 1.29 is 0 Å². The van der Waals surface area contributed by atoms with E-state index in [0.717, 1.165) is 9.86 Å². The van der Waals surface area contributed by atoms with Gasteiger partial charge in [-0.15, -0.1) is 0 Å². The number of rotatable bonds is 0. The smallest absolute Gasteiger partial charge is 0.0753 e. The third-order valence-electron chi connectivity index (χ3n) is 1.88. The van der Waals surface area contributed by atoms with Crippen LogP contribution in [-0.2, 0) is 0 Å². The van der Waals surface area contributed by atoms with Crippen molar-refractivity contribution in [2.24, 2.45) is 0 Å². The summed E-state index contributed by atoms with van der Waals surface area (Å²) in [6, 6.07) is 3.38. The summed E-state index contributed by atoms with van der Waals surface area (Å²) < 4.78 is 0.731. The molecule has 2 aromatic rings. The molecule has 0 radical (unpaired) electrons. The molecule has 0 atom stereocenters. The van der Waals surface area contributed by atoms with Crippen LogP contribution in [0.3, 0.4) is 0 Å². The molecule has 0 aliphatic carbocycles. The van der Waals surface area contributed by atoms with Crippen LogP contribution in [0.2, 0.25) is 10.0 Å². The van der Waals surface area contributed by atoms with Crippen LogP contribution < -0.4 is 5.73 Å². The molecule has 72 valence electrons. The van der Waals surface area contributed by atoms with E-state index in [-0.39, 0.29) is 0 Å². The number of nitrogens with zero attached hydrogens (tertiary/aromatic N) is 1. The highest BCUT2D eigenvalue weighted by molar-refractivity contribution is 9.10. The molecular weight excluding hydrogens is 287 g/mol. The van der Waals surface area contributed by atoms with E-state index in [2.05, 4.69) is 20.9 Å². The SMILES string of the molecule is Nc1c(Br)cnc2cc(Cl)cc(Cl)c12. The highest BCUT2D eigenvalue weighted by atomic mass is 79.9. The van der Waals surface area contributed by atoms with Crippen molar-refractivity contribution in [2.45, 2.75) is 0 Å². The number of nitrogen functional groups attached to an aromatic ring is 1. The van der Waals surface area contributed by atoms with Gasteiger partial charge < -0.3 is 5.73 Å². The minimum Gasteiger partial charge on any atom is -0.397 e. The van der Waals surface area contributed by atoms with E-state index >= 15 is 0 Å². The average molecular weight is 292 g/mol. The van der Waals surface area contributed by atoms with Gasteiger partial charge in [0, 0.05) is 16.6 Å². The fourth-order valence-corrected chi connectivity index (χ4v) is 2.13. The lowest BCUT2D eigenvalue weighted by Gasteiger charge is -2.05. The normalized spacial score (nSPS) is 10.8. The lowest BCUT2D eigenvalue weighted by Crippen LogP contribution is -1.91. The molecule has 0 amide bonds. The molecule has 0 saturated heterocycles. The van der Waals surface area contributed by atoms with Crippen molar-refractivity contribution in [2.75, 3.05) is 5.73 Å². The highest BCUT2D eigenvalue weighted by Crippen LogP contribution is 2.34. The first-order valence-corrected chi connectivity index (χ1v) is 5.33. The number of halogens is 3. The maximum absolute atomic E-state index is 6.01. The Bertz CT molecular complexity index is 514. The van der Waals surface area contributed by atoms with Gasteiger partial charge in [-0.05, 0) is 28.1 Å². The number of hydrogen-bond donors (Lipinski definition) is 1. The van der Waals surface area contributed by atoms with Crippen LogP contribution in [0.4, 0.5) is 5.69 Å². The second-order valence-corrected chi connectivity index (χ2v) is 4.50. The topological polar surface area (TPSA) is 38.9 Å². The molecule has 0 aliphatic heterocycles. The van der Waals surface area contributed by atoms with Gasteiger partial charge in [-0.3, -0.25) is 4.98 Å². The molecule has 1 aromatic heterocycles. The van der Waals surface area contributed by atoms with Crippen molar-refractivity contribution in [1.29, 1.82) is 0 Å². The van der Waals surface area contributed by atoms with E-state index in [4.69, 9.17) is 28.9 Å². The fraction of sp³-hybridized carbons (Fsp3) is 0. The number of nitrogens with two attached hydrogens (primary N) is 1. The van der Waals surface area contributed by atoms with E-state index in [0.29, 0.717) is 21.2 Å². The van der Waals surface area contributed by atoms with E-state index in [1.165, 1.54) is 0 Å². The van der Waals surface area contributed by atoms with Crippen LogP contribution in [0.25, 0.3) is 10.9 Å². The molecule has 0 saturated carbocycles. The summed E-state index contributed by atoms with van der Waals surface area (Å²) in [6.45, 7) is 0. The maximum Gasteiger partial charge on any atom is 0.0753 e. The zero-order valence-electron chi connectivity index (χ0n) is 6.89. The van der Waals surface area contributed by atoms with Crippen molar-refractivity contribution >= 4 is 55.7 Å². The van der Waals surface area contributed by atoms with Crippen LogP contribution in [0.15, 0.2) is 22.8 Å². The Balaban J connectivity index is 2.95. The number of pyridine rings is 1. The van der Waals surface area contributed by atoms with Gasteiger partial charge in [0.1, 0.15) is 0 Å². The van der Waals surface area contributed by atoms with Crippen molar-refractivity contribution in [1.82, 2.24) is 4.98 Å². The molecule has 2 N–H and O–H groups in total. The fourth-order valence-electron chi connectivity index (χ4n) is 1.24. The van der Waals surface area contributed by atoms with Gasteiger partial charge in [-0.25, -0.2) is 0 Å². The molecule has 1 aromatic carbocycles. The second kappa shape index (κ2) is 3.57. The molecule has 0 bridgehead atoms. The third-order valence-corrected chi connectivity index (χ3v) is 3.03. The van der Waals surface area contributed by atoms with E-state index in [1.807, 2.05) is 0 Å². The molecule has 14 heavy (non-hydrogen) atoms. The first kappa shape index (κ1) is 10.0. The predicted octanol–water partition coefficient (Wildman–Crippen LogP) is 3.89. The lowest BCUT2D eigenvalue weighted by atomic mass is 10.2. The summed E-state index contributed by atoms with van der Waals surface area (Å²) >= 11 is 15.1. The Morgan fingerprint density at radius 1 is 1.29 bits per heavy atom. The number of hydrogen-bond acceptors (Lipinski definition) is 2. The van der Waals surface area contributed by atoms with Crippen molar-refractivity contribution in [3.63, 3.8) is 0 Å². The molecule has 0 aliphatic rings. The minimum atomic E-state index is 0.513. The van der Waals surface area contributed by atoms with Crippen LogP contribution in [-0.4, -0.2) is 4.98 Å². The summed E-state index contributed by atoms with van der Waals surface area (Å²) in [5.41, 5.74) is 7.13. The Hall–Kier alpha value is -0.510. The van der Waals surface area contributed by atoms with Gasteiger partial charge in [0.2, 0.25) is 0 Å². The van der Waals surface area contributed by atoms with E-state index in [9.17, 15) is 0 Å². The molecule has 0 spiro atoms. The average Bonchev–Trinajstić information content (AvgIpc) is 2.10. The molecule has 2 nitrogen and oxygen atoms in total. The Morgan fingerprint density at radius 2 is 2.00 bits per heavy atom. The second-order valence-electron chi connectivity index (χ2n) is 2.80. The highest BCUT2D eigenvalue weighted by Gasteiger charge is 2.08. The molecule has 2 rings (SSSR count). The Morgan fingerprint density at radius 3 is 2.71 bits per heavy atom. The predicted molar refractivity (Wildman–Crippen MR) is 63.9 cm³/mol. The number of aromatic nitrogens is 1. The maximum atomic E-state index is 6.01. The summed E-state index contributed by atoms with van der Waals surface area (Å²) in [6.07, 6.45) is 1.63. The number of fused-ring (bicyclic) bond motifs is 1.